The van der Waals surface area contributed by atoms with Crippen molar-refractivity contribution in [2.24, 2.45) is 0 Å². The Labute approximate surface area is 198 Å². The molecule has 0 N–H and O–H groups in total. The number of benzene rings is 2. The number of urea groups is 1. The van der Waals surface area contributed by atoms with E-state index in [0.717, 1.165) is 30.6 Å². The number of methoxy groups -OCH3 is 1. The number of fused-ring (bicyclic) bond motifs is 4. The Kier molecular flexibility index (Phi) is 6.09. The van der Waals surface area contributed by atoms with E-state index in [0.29, 0.717) is 19.4 Å². The smallest absolute Gasteiger partial charge is 0.327 e. The lowest BCUT2D eigenvalue weighted by Crippen LogP contribution is -2.40. The summed E-state index contributed by atoms with van der Waals surface area (Å²) in [5, 5.41) is 1.17. The van der Waals surface area contributed by atoms with Crippen molar-refractivity contribution in [2.45, 2.75) is 51.2 Å². The first-order valence-electron chi connectivity index (χ1n) is 11.9. The van der Waals surface area contributed by atoms with Crippen molar-refractivity contribution in [1.82, 2.24) is 14.4 Å². The summed E-state index contributed by atoms with van der Waals surface area (Å²) in [6.45, 7) is 1.52. The summed E-state index contributed by atoms with van der Waals surface area (Å²) in [5.74, 6) is -0.498. The van der Waals surface area contributed by atoms with Crippen LogP contribution >= 0.6 is 0 Å². The molecule has 3 heterocycles. The average Bonchev–Trinajstić information content (AvgIpc) is 3.30. The molecular weight excluding hydrogens is 430 g/mol. The number of rotatable bonds is 8. The molecule has 0 saturated carbocycles. The minimum atomic E-state index is -0.471. The average molecular weight is 460 g/mol. The number of carbonyl (C=O) groups excluding carboxylic acids is 3. The van der Waals surface area contributed by atoms with Crippen LogP contribution in [0.25, 0.3) is 10.9 Å². The molecule has 2 aromatic carbocycles. The van der Waals surface area contributed by atoms with Crippen molar-refractivity contribution < 1.29 is 19.1 Å². The quantitative estimate of drug-likeness (QED) is 0.378. The predicted molar refractivity (Wildman–Crippen MR) is 128 cm³/mol. The van der Waals surface area contributed by atoms with Crippen LogP contribution in [0.3, 0.4) is 0 Å². The van der Waals surface area contributed by atoms with Gasteiger partial charge >= 0.3 is 12.0 Å². The predicted octanol–water partition coefficient (Wildman–Crippen LogP) is 3.92. The van der Waals surface area contributed by atoms with E-state index < -0.39 is 6.04 Å². The molecule has 34 heavy (non-hydrogen) atoms. The number of ether oxygens (including phenoxy) is 1. The summed E-state index contributed by atoms with van der Waals surface area (Å²) in [7, 11) is 1.34. The molecule has 3 amide bonds. The van der Waals surface area contributed by atoms with E-state index in [-0.39, 0.29) is 30.9 Å². The maximum Gasteiger partial charge on any atom is 0.327 e. The molecule has 176 valence electrons. The van der Waals surface area contributed by atoms with Gasteiger partial charge in [0.15, 0.2) is 0 Å². The zero-order valence-corrected chi connectivity index (χ0v) is 19.4. The molecule has 0 aliphatic carbocycles. The Hall–Kier alpha value is -3.61. The van der Waals surface area contributed by atoms with Gasteiger partial charge in [0.2, 0.25) is 0 Å². The molecule has 5 rings (SSSR count). The first kappa shape index (κ1) is 22.2. The van der Waals surface area contributed by atoms with Crippen molar-refractivity contribution in [3.05, 3.63) is 71.4 Å². The summed E-state index contributed by atoms with van der Waals surface area (Å²) in [5.41, 5.74) is 4.78. The summed E-state index contributed by atoms with van der Waals surface area (Å²) < 4.78 is 7.00. The number of aryl methyl sites for hydroxylation is 2. The third-order valence-corrected chi connectivity index (χ3v) is 7.00. The van der Waals surface area contributed by atoms with Gasteiger partial charge < -0.3 is 14.2 Å². The van der Waals surface area contributed by atoms with Gasteiger partial charge in [-0.3, -0.25) is 14.5 Å². The normalized spacial score (nSPS) is 17.3. The molecular formula is C27H29N3O4. The fourth-order valence-electron chi connectivity index (χ4n) is 5.29. The number of imide groups is 1. The van der Waals surface area contributed by atoms with E-state index >= 15 is 0 Å². The van der Waals surface area contributed by atoms with Crippen molar-refractivity contribution in [1.29, 1.82) is 0 Å². The maximum absolute atomic E-state index is 13.1. The first-order valence-corrected chi connectivity index (χ1v) is 11.9. The molecule has 1 atom stereocenters. The summed E-state index contributed by atoms with van der Waals surface area (Å²) in [4.78, 5) is 40.7. The number of aromatic nitrogens is 1. The molecule has 2 aliphatic heterocycles. The van der Waals surface area contributed by atoms with Crippen LogP contribution in [-0.4, -0.2) is 52.0 Å². The standard InChI is InChI=1S/C27H29N3O4/c1-34-25(31)14-8-16-29-26(32)23-17-21-20-12-5-6-13-22(20)28(24(21)18-30(23)27(29)33)15-7-11-19-9-3-2-4-10-19/h2-6,9-10,12-13,23H,7-8,11,14-18H2,1H3. The SMILES string of the molecule is COC(=O)CCCN1C(=O)C2Cc3c(n(CCCc4ccccc4)c4ccccc34)CN2C1=O. The Balaban J connectivity index is 1.37. The third-order valence-electron chi connectivity index (χ3n) is 7.00. The van der Waals surface area contributed by atoms with Gasteiger partial charge in [-0.05, 0) is 36.5 Å². The highest BCUT2D eigenvalue weighted by molar-refractivity contribution is 6.05. The molecule has 0 radical (unpaired) electrons. The fourth-order valence-corrected chi connectivity index (χ4v) is 5.29. The summed E-state index contributed by atoms with van der Waals surface area (Å²) in [6.07, 6.45) is 3.10. The number of carbonyl (C=O) groups is 3. The zero-order chi connectivity index (χ0) is 23.7. The number of hydrogen-bond donors (Lipinski definition) is 0. The molecule has 0 spiro atoms. The molecule has 2 aliphatic rings. The molecule has 1 unspecified atom stereocenters. The van der Waals surface area contributed by atoms with Crippen molar-refractivity contribution in [3.63, 3.8) is 0 Å². The number of para-hydroxylation sites is 1. The van der Waals surface area contributed by atoms with Crippen molar-refractivity contribution in [2.75, 3.05) is 13.7 Å². The number of nitrogens with zero attached hydrogens (tertiary/aromatic N) is 3. The third kappa shape index (κ3) is 3.95. The Morgan fingerprint density at radius 3 is 2.56 bits per heavy atom. The van der Waals surface area contributed by atoms with Gasteiger partial charge in [0.05, 0.1) is 13.7 Å². The van der Waals surface area contributed by atoms with E-state index in [4.69, 9.17) is 0 Å². The minimum absolute atomic E-state index is 0.165. The topological polar surface area (TPSA) is 71.8 Å². The van der Waals surface area contributed by atoms with Crippen LogP contribution in [0.4, 0.5) is 4.79 Å². The highest BCUT2D eigenvalue weighted by atomic mass is 16.5. The van der Waals surface area contributed by atoms with Crippen LogP contribution in [0.2, 0.25) is 0 Å². The lowest BCUT2D eigenvalue weighted by atomic mass is 9.97. The van der Waals surface area contributed by atoms with Gasteiger partial charge in [0.25, 0.3) is 5.91 Å². The Morgan fingerprint density at radius 1 is 1.00 bits per heavy atom. The van der Waals surface area contributed by atoms with E-state index in [2.05, 4.69) is 45.7 Å². The van der Waals surface area contributed by atoms with Gasteiger partial charge in [-0.2, -0.15) is 0 Å². The second kappa shape index (κ2) is 9.33. The van der Waals surface area contributed by atoms with Crippen LogP contribution < -0.4 is 0 Å². The molecule has 7 nitrogen and oxygen atoms in total. The number of amides is 3. The largest absolute Gasteiger partial charge is 0.469 e. The van der Waals surface area contributed by atoms with Crippen LogP contribution in [0, 0.1) is 0 Å². The van der Waals surface area contributed by atoms with Crippen LogP contribution in [0.1, 0.15) is 36.1 Å². The Morgan fingerprint density at radius 2 is 1.76 bits per heavy atom. The highest BCUT2D eigenvalue weighted by Crippen LogP contribution is 2.36. The van der Waals surface area contributed by atoms with Gasteiger partial charge in [-0.1, -0.05) is 48.5 Å². The van der Waals surface area contributed by atoms with Crippen LogP contribution in [0.15, 0.2) is 54.6 Å². The first-order chi connectivity index (χ1) is 16.6. The van der Waals surface area contributed by atoms with Gasteiger partial charge in [-0.15, -0.1) is 0 Å². The van der Waals surface area contributed by atoms with Gasteiger partial charge in [0, 0.05) is 42.5 Å². The van der Waals surface area contributed by atoms with E-state index in [1.807, 2.05) is 18.2 Å². The monoisotopic (exact) mass is 459 g/mol. The van der Waals surface area contributed by atoms with Crippen LogP contribution in [-0.2, 0) is 40.3 Å². The van der Waals surface area contributed by atoms with E-state index in [1.165, 1.54) is 28.5 Å². The highest BCUT2D eigenvalue weighted by Gasteiger charge is 2.48. The van der Waals surface area contributed by atoms with Crippen molar-refractivity contribution >= 4 is 28.8 Å². The summed E-state index contributed by atoms with van der Waals surface area (Å²) in [6, 6.07) is 18.1. The molecule has 1 fully saturated rings. The lowest BCUT2D eigenvalue weighted by Gasteiger charge is -2.28. The van der Waals surface area contributed by atoms with E-state index in [1.54, 1.807) is 4.90 Å². The number of hydrogen-bond acceptors (Lipinski definition) is 4. The van der Waals surface area contributed by atoms with Gasteiger partial charge in [-0.25, -0.2) is 4.79 Å². The minimum Gasteiger partial charge on any atom is -0.469 e. The molecule has 7 heteroatoms. The molecule has 3 aromatic rings. The summed E-state index contributed by atoms with van der Waals surface area (Å²) >= 11 is 0. The fraction of sp³-hybridized carbons (Fsp3) is 0.370. The van der Waals surface area contributed by atoms with Gasteiger partial charge in [0.1, 0.15) is 6.04 Å². The Bertz CT molecular complexity index is 1230. The molecule has 1 aromatic heterocycles. The van der Waals surface area contributed by atoms with Crippen LogP contribution in [0.5, 0.6) is 0 Å². The zero-order valence-electron chi connectivity index (χ0n) is 19.4. The van der Waals surface area contributed by atoms with Crippen molar-refractivity contribution in [3.8, 4) is 0 Å². The second-order valence-corrected chi connectivity index (χ2v) is 8.98. The van der Waals surface area contributed by atoms with E-state index in [9.17, 15) is 14.4 Å². The second-order valence-electron chi connectivity index (χ2n) is 8.98. The number of esters is 1. The maximum atomic E-state index is 13.1. The molecule has 1 saturated heterocycles. The molecule has 0 bridgehead atoms. The lowest BCUT2D eigenvalue weighted by molar-refractivity contribution is -0.141.